The molecule has 0 aromatic carbocycles. The van der Waals surface area contributed by atoms with Crippen LogP contribution in [0.3, 0.4) is 0 Å². The van der Waals surface area contributed by atoms with Gasteiger partial charge in [0.1, 0.15) is 0 Å². The lowest BCUT2D eigenvalue weighted by Gasteiger charge is -2.33. The molecule has 1 aliphatic carbocycles. The van der Waals surface area contributed by atoms with Gasteiger partial charge < -0.3 is 5.11 Å². The van der Waals surface area contributed by atoms with Crippen molar-refractivity contribution < 1.29 is 5.11 Å². The maximum Gasteiger partial charge on any atom is 0.0433 e. The zero-order valence-electron chi connectivity index (χ0n) is 6.83. The van der Waals surface area contributed by atoms with Crippen LogP contribution in [0.25, 0.3) is 0 Å². The maximum absolute atomic E-state index is 8.88. The van der Waals surface area contributed by atoms with Crippen LogP contribution in [0, 0.1) is 17.8 Å². The van der Waals surface area contributed by atoms with Crippen molar-refractivity contribution in [1.82, 2.24) is 0 Å². The molecule has 0 aromatic rings. The Morgan fingerprint density at radius 3 is 2.36 bits per heavy atom. The second-order valence-corrected chi connectivity index (χ2v) is 4.89. The molecule has 2 rings (SSSR count). The van der Waals surface area contributed by atoms with Crippen molar-refractivity contribution in [1.29, 1.82) is 0 Å². The molecule has 0 spiro atoms. The first-order valence-electron chi connectivity index (χ1n) is 4.60. The monoisotopic (exact) mass is 172 g/mol. The summed E-state index contributed by atoms with van der Waals surface area (Å²) >= 11 is 2.06. The minimum atomic E-state index is 0.405. The van der Waals surface area contributed by atoms with E-state index in [0.29, 0.717) is 6.61 Å². The summed E-state index contributed by atoms with van der Waals surface area (Å²) in [5.41, 5.74) is 0. The largest absolute Gasteiger partial charge is 0.396 e. The summed E-state index contributed by atoms with van der Waals surface area (Å²) in [7, 11) is 0. The highest BCUT2D eigenvalue weighted by molar-refractivity contribution is 8.00. The molecular formula is C9H16OS. The average Bonchev–Trinajstić information content (AvgIpc) is 2.63. The third-order valence-corrected chi connectivity index (χ3v) is 4.29. The molecule has 1 aliphatic heterocycles. The zero-order valence-corrected chi connectivity index (χ0v) is 7.65. The van der Waals surface area contributed by atoms with E-state index >= 15 is 0 Å². The molecule has 0 amide bonds. The molecule has 1 saturated heterocycles. The van der Waals surface area contributed by atoms with Crippen LogP contribution in [0.1, 0.15) is 19.3 Å². The van der Waals surface area contributed by atoms with Crippen LogP contribution in [0.15, 0.2) is 0 Å². The van der Waals surface area contributed by atoms with Crippen LogP contribution < -0.4 is 0 Å². The third kappa shape index (κ3) is 1.73. The van der Waals surface area contributed by atoms with Crippen molar-refractivity contribution in [2.45, 2.75) is 19.3 Å². The van der Waals surface area contributed by atoms with Crippen LogP contribution in [-0.4, -0.2) is 23.2 Å². The van der Waals surface area contributed by atoms with Crippen LogP contribution in [0.2, 0.25) is 0 Å². The van der Waals surface area contributed by atoms with Crippen molar-refractivity contribution in [3.05, 3.63) is 0 Å². The summed E-state index contributed by atoms with van der Waals surface area (Å²) in [5, 5.41) is 8.88. The Morgan fingerprint density at radius 1 is 1.27 bits per heavy atom. The highest BCUT2D eigenvalue weighted by Gasteiger charge is 2.38. The van der Waals surface area contributed by atoms with Gasteiger partial charge in [-0.1, -0.05) is 0 Å². The van der Waals surface area contributed by atoms with Gasteiger partial charge >= 0.3 is 0 Å². The molecule has 1 nitrogen and oxygen atoms in total. The minimum absolute atomic E-state index is 0.405. The molecule has 0 aromatic heterocycles. The van der Waals surface area contributed by atoms with Crippen molar-refractivity contribution in [2.75, 3.05) is 18.1 Å². The lowest BCUT2D eigenvalue weighted by atomic mass is 9.87. The molecule has 1 saturated carbocycles. The smallest absolute Gasteiger partial charge is 0.0433 e. The lowest BCUT2D eigenvalue weighted by molar-refractivity contribution is 0.215. The van der Waals surface area contributed by atoms with E-state index < -0.39 is 0 Å². The molecule has 1 atom stereocenters. The van der Waals surface area contributed by atoms with Crippen LogP contribution >= 0.6 is 11.8 Å². The number of hydrogen-bond acceptors (Lipinski definition) is 2. The van der Waals surface area contributed by atoms with E-state index in [1.807, 2.05) is 0 Å². The normalized spacial score (nSPS) is 28.1. The lowest BCUT2D eigenvalue weighted by Crippen LogP contribution is -2.29. The van der Waals surface area contributed by atoms with Gasteiger partial charge in [-0.15, -0.1) is 0 Å². The van der Waals surface area contributed by atoms with Gasteiger partial charge in [-0.05, 0) is 48.5 Å². The van der Waals surface area contributed by atoms with Crippen LogP contribution in [-0.2, 0) is 0 Å². The van der Waals surface area contributed by atoms with Gasteiger partial charge in [-0.2, -0.15) is 11.8 Å². The second kappa shape index (κ2) is 3.36. The third-order valence-electron chi connectivity index (χ3n) is 2.96. The number of aliphatic hydroxyl groups is 1. The minimum Gasteiger partial charge on any atom is -0.396 e. The summed E-state index contributed by atoms with van der Waals surface area (Å²) in [6.07, 6.45) is 3.94. The van der Waals surface area contributed by atoms with E-state index in [1.54, 1.807) is 0 Å². The van der Waals surface area contributed by atoms with Gasteiger partial charge in [0.25, 0.3) is 0 Å². The molecule has 11 heavy (non-hydrogen) atoms. The zero-order chi connectivity index (χ0) is 7.68. The average molecular weight is 172 g/mol. The SMILES string of the molecule is OCCC(C1CC1)C1CSC1. The fraction of sp³-hybridized carbons (Fsp3) is 1.00. The summed E-state index contributed by atoms with van der Waals surface area (Å²) in [6.45, 7) is 0.405. The van der Waals surface area contributed by atoms with Gasteiger partial charge in [0.05, 0.1) is 0 Å². The van der Waals surface area contributed by atoms with Crippen molar-refractivity contribution in [2.24, 2.45) is 17.8 Å². The van der Waals surface area contributed by atoms with Crippen molar-refractivity contribution >= 4 is 11.8 Å². The Kier molecular flexibility index (Phi) is 2.42. The first-order chi connectivity index (χ1) is 5.42. The Morgan fingerprint density at radius 2 is 2.00 bits per heavy atom. The molecule has 1 unspecified atom stereocenters. The Bertz CT molecular complexity index is 130. The van der Waals surface area contributed by atoms with E-state index in [1.165, 1.54) is 24.3 Å². The number of thioether (sulfide) groups is 1. The number of hydrogen-bond donors (Lipinski definition) is 1. The molecule has 0 bridgehead atoms. The van der Waals surface area contributed by atoms with Gasteiger partial charge in [-0.25, -0.2) is 0 Å². The molecule has 64 valence electrons. The highest BCUT2D eigenvalue weighted by atomic mass is 32.2. The fourth-order valence-corrected chi connectivity index (χ4v) is 3.03. The van der Waals surface area contributed by atoms with Gasteiger partial charge in [0, 0.05) is 6.61 Å². The van der Waals surface area contributed by atoms with Gasteiger partial charge in [0.15, 0.2) is 0 Å². The topological polar surface area (TPSA) is 20.2 Å². The summed E-state index contributed by atoms with van der Waals surface area (Å²) in [4.78, 5) is 0. The molecule has 2 aliphatic rings. The van der Waals surface area contributed by atoms with E-state index in [2.05, 4.69) is 11.8 Å². The highest BCUT2D eigenvalue weighted by Crippen LogP contribution is 2.46. The van der Waals surface area contributed by atoms with E-state index in [4.69, 9.17) is 5.11 Å². The molecule has 2 heteroatoms. The van der Waals surface area contributed by atoms with Crippen molar-refractivity contribution in [3.8, 4) is 0 Å². The fourth-order valence-electron chi connectivity index (χ4n) is 2.03. The van der Waals surface area contributed by atoms with E-state index in [9.17, 15) is 0 Å². The first-order valence-corrected chi connectivity index (χ1v) is 5.76. The summed E-state index contributed by atoms with van der Waals surface area (Å²) in [6, 6.07) is 0. The second-order valence-electron chi connectivity index (χ2n) is 3.81. The van der Waals surface area contributed by atoms with Gasteiger partial charge in [0.2, 0.25) is 0 Å². The standard InChI is InChI=1S/C9H16OS/c10-4-3-9(7-1-2-7)8-5-11-6-8/h7-10H,1-6H2. The number of aliphatic hydroxyl groups excluding tert-OH is 1. The molecule has 1 N–H and O–H groups in total. The Hall–Kier alpha value is 0.310. The molecule has 2 fully saturated rings. The number of rotatable bonds is 4. The summed E-state index contributed by atoms with van der Waals surface area (Å²) in [5.74, 6) is 5.55. The first kappa shape index (κ1) is 7.93. The summed E-state index contributed by atoms with van der Waals surface area (Å²) < 4.78 is 0. The molecule has 1 heterocycles. The molecular weight excluding hydrogens is 156 g/mol. The van der Waals surface area contributed by atoms with E-state index in [-0.39, 0.29) is 0 Å². The Labute approximate surface area is 72.6 Å². The quantitative estimate of drug-likeness (QED) is 0.697. The predicted molar refractivity (Wildman–Crippen MR) is 48.7 cm³/mol. The predicted octanol–water partition coefficient (Wildman–Crippen LogP) is 1.76. The maximum atomic E-state index is 8.88. The van der Waals surface area contributed by atoms with Crippen LogP contribution in [0.5, 0.6) is 0 Å². The van der Waals surface area contributed by atoms with Crippen molar-refractivity contribution in [3.63, 3.8) is 0 Å². The van der Waals surface area contributed by atoms with E-state index in [0.717, 1.165) is 24.2 Å². The molecule has 0 radical (unpaired) electrons. The van der Waals surface area contributed by atoms with Gasteiger partial charge in [-0.3, -0.25) is 0 Å². The Balaban J connectivity index is 1.81. The van der Waals surface area contributed by atoms with Crippen LogP contribution in [0.4, 0.5) is 0 Å².